The van der Waals surface area contributed by atoms with Crippen molar-refractivity contribution in [3.8, 4) is 0 Å². The average Bonchev–Trinajstić information content (AvgIpc) is 1.88. The molecule has 0 atom stereocenters. The molecule has 0 aliphatic heterocycles. The number of halogens is 2. The molecule has 70 valence electrons. The van der Waals surface area contributed by atoms with Crippen LogP contribution >= 0.6 is 31.9 Å². The van der Waals surface area contributed by atoms with Gasteiger partial charge in [-0.05, 0) is 11.3 Å². The van der Waals surface area contributed by atoms with Gasteiger partial charge in [-0.25, -0.2) is 0 Å². The lowest BCUT2D eigenvalue weighted by atomic mass is 10.0. The fourth-order valence-electron chi connectivity index (χ4n) is 0. The molecule has 0 heterocycles. The highest BCUT2D eigenvalue weighted by atomic mass is 79.9. The van der Waals surface area contributed by atoms with Crippen LogP contribution in [0.4, 0.5) is 0 Å². The molecule has 0 aromatic carbocycles. The van der Waals surface area contributed by atoms with E-state index < -0.39 is 0 Å². The third-order valence-corrected chi connectivity index (χ3v) is 3.69. The van der Waals surface area contributed by atoms with Gasteiger partial charge in [0.25, 0.3) is 0 Å². The van der Waals surface area contributed by atoms with Crippen LogP contribution in [0.15, 0.2) is 0 Å². The average molecular weight is 288 g/mol. The molecule has 0 aromatic rings. The molecule has 2 heteroatoms. The van der Waals surface area contributed by atoms with E-state index in [1.54, 1.807) is 0 Å². The van der Waals surface area contributed by atoms with E-state index in [-0.39, 0.29) is 0 Å². The maximum atomic E-state index is 3.37. The van der Waals surface area contributed by atoms with Gasteiger partial charge in [-0.1, -0.05) is 66.5 Å². The van der Waals surface area contributed by atoms with Gasteiger partial charge < -0.3 is 0 Å². The molecule has 0 amide bonds. The van der Waals surface area contributed by atoms with Crippen molar-refractivity contribution in [3.63, 3.8) is 0 Å². The molecule has 0 nitrogen and oxygen atoms in total. The molecular formula is C9H20Br2. The maximum absolute atomic E-state index is 3.37. The highest BCUT2D eigenvalue weighted by molar-refractivity contribution is 9.09. The van der Waals surface area contributed by atoms with Gasteiger partial charge in [-0.3, -0.25) is 0 Å². The fourth-order valence-corrected chi connectivity index (χ4v) is 0. The van der Waals surface area contributed by atoms with Crippen LogP contribution in [0.2, 0.25) is 0 Å². The van der Waals surface area contributed by atoms with Gasteiger partial charge in [0.15, 0.2) is 0 Å². The Kier molecular flexibility index (Phi) is 10.0. The van der Waals surface area contributed by atoms with Crippen molar-refractivity contribution in [1.29, 1.82) is 0 Å². The third kappa shape index (κ3) is 24.8. The highest BCUT2D eigenvalue weighted by Crippen LogP contribution is 2.14. The van der Waals surface area contributed by atoms with Gasteiger partial charge in [0.05, 0.1) is 0 Å². The summed E-state index contributed by atoms with van der Waals surface area (Å²) in [4.78, 5) is 0. The molecule has 0 aromatic heterocycles. The van der Waals surface area contributed by atoms with E-state index in [1.165, 1.54) is 0 Å². The Bertz CT molecular complexity index is 72.1. The van der Waals surface area contributed by atoms with E-state index in [4.69, 9.17) is 0 Å². The van der Waals surface area contributed by atoms with E-state index >= 15 is 0 Å². The molecule has 11 heavy (non-hydrogen) atoms. The van der Waals surface area contributed by atoms with Gasteiger partial charge in [0, 0.05) is 10.7 Å². The first kappa shape index (κ1) is 14.5. The Labute approximate surface area is 88.4 Å². The zero-order chi connectivity index (χ0) is 9.49. The van der Waals surface area contributed by atoms with Crippen LogP contribution in [-0.2, 0) is 0 Å². The summed E-state index contributed by atoms with van der Waals surface area (Å²) in [5.74, 6) is 0.801. The van der Waals surface area contributed by atoms with Gasteiger partial charge in [0.2, 0.25) is 0 Å². The van der Waals surface area contributed by atoms with Crippen LogP contribution in [0.5, 0.6) is 0 Å². The van der Waals surface area contributed by atoms with Crippen molar-refractivity contribution in [2.75, 3.05) is 10.7 Å². The van der Waals surface area contributed by atoms with E-state index in [9.17, 15) is 0 Å². The molecule has 0 aliphatic rings. The number of hydrogen-bond acceptors (Lipinski definition) is 0. The third-order valence-electron chi connectivity index (χ3n) is 0.709. The minimum atomic E-state index is 0.458. The smallest absolute Gasteiger partial charge is 0.00800 e. The normalized spacial score (nSPS) is 10.9. The lowest BCUT2D eigenvalue weighted by molar-refractivity contribution is 0.484. The van der Waals surface area contributed by atoms with Crippen molar-refractivity contribution in [3.05, 3.63) is 0 Å². The van der Waals surface area contributed by atoms with E-state index in [0.717, 1.165) is 16.6 Å². The summed E-state index contributed by atoms with van der Waals surface area (Å²) in [5, 5.41) is 2.20. The Balaban J connectivity index is 0. The van der Waals surface area contributed by atoms with E-state index in [2.05, 4.69) is 66.5 Å². The summed E-state index contributed by atoms with van der Waals surface area (Å²) in [5.41, 5.74) is 0.458. The van der Waals surface area contributed by atoms with Crippen LogP contribution in [0.1, 0.15) is 34.6 Å². The lowest BCUT2D eigenvalue weighted by Gasteiger charge is -2.11. The van der Waals surface area contributed by atoms with Crippen molar-refractivity contribution in [2.45, 2.75) is 34.6 Å². The predicted molar refractivity (Wildman–Crippen MR) is 61.9 cm³/mol. The summed E-state index contributed by atoms with van der Waals surface area (Å²) in [6.07, 6.45) is 0. The summed E-state index contributed by atoms with van der Waals surface area (Å²) in [6, 6.07) is 0. The van der Waals surface area contributed by atoms with Crippen LogP contribution in [0.3, 0.4) is 0 Å². The molecule has 0 radical (unpaired) electrons. The first-order chi connectivity index (χ1) is 4.83. The number of hydrogen-bond donors (Lipinski definition) is 0. The van der Waals surface area contributed by atoms with E-state index in [0.29, 0.717) is 5.41 Å². The molecule has 0 saturated carbocycles. The van der Waals surface area contributed by atoms with Gasteiger partial charge in [-0.15, -0.1) is 0 Å². The van der Waals surface area contributed by atoms with Gasteiger partial charge in [-0.2, -0.15) is 0 Å². The molecule has 0 aliphatic carbocycles. The zero-order valence-corrected chi connectivity index (χ0v) is 11.4. The quantitative estimate of drug-likeness (QED) is 0.625. The summed E-state index contributed by atoms with van der Waals surface area (Å²) < 4.78 is 0. The van der Waals surface area contributed by atoms with Crippen LogP contribution in [-0.4, -0.2) is 10.7 Å². The summed E-state index contributed by atoms with van der Waals surface area (Å²) >= 11 is 6.68. The Morgan fingerprint density at radius 1 is 1.09 bits per heavy atom. The van der Waals surface area contributed by atoms with Crippen molar-refractivity contribution >= 4 is 31.9 Å². The van der Waals surface area contributed by atoms with Crippen LogP contribution < -0.4 is 0 Å². The molecule has 0 saturated heterocycles. The van der Waals surface area contributed by atoms with Crippen molar-refractivity contribution < 1.29 is 0 Å². The summed E-state index contributed by atoms with van der Waals surface area (Å²) in [7, 11) is 0. The Morgan fingerprint density at radius 3 is 1.27 bits per heavy atom. The largest absolute Gasteiger partial charge is 0.0925 e. The van der Waals surface area contributed by atoms with Gasteiger partial charge in [0.1, 0.15) is 0 Å². The molecule has 0 N–H and O–H groups in total. The molecule has 0 spiro atoms. The molecule has 0 fully saturated rings. The van der Waals surface area contributed by atoms with Crippen molar-refractivity contribution in [1.82, 2.24) is 0 Å². The second-order valence-corrected chi connectivity index (χ2v) is 5.45. The van der Waals surface area contributed by atoms with E-state index in [1.807, 2.05) is 0 Å². The molecule has 0 bridgehead atoms. The molecule has 0 rings (SSSR count). The molecule has 0 unspecified atom stereocenters. The zero-order valence-electron chi connectivity index (χ0n) is 8.25. The lowest BCUT2D eigenvalue weighted by Crippen LogP contribution is -2.04. The van der Waals surface area contributed by atoms with Crippen LogP contribution in [0.25, 0.3) is 0 Å². The summed E-state index contributed by atoms with van der Waals surface area (Å²) in [6.45, 7) is 10.9. The number of rotatable bonds is 1. The first-order valence-electron chi connectivity index (χ1n) is 3.95. The SMILES string of the molecule is CC(C)(C)CBr.CC(C)CBr. The second kappa shape index (κ2) is 7.60. The first-order valence-corrected chi connectivity index (χ1v) is 6.19. The highest BCUT2D eigenvalue weighted by Gasteiger charge is 2.04. The number of alkyl halides is 2. The fraction of sp³-hybridized carbons (Fsp3) is 1.00. The standard InChI is InChI=1S/C5H11Br.C4H9Br/c1-5(2,3)4-6;1-4(2)3-5/h4H2,1-3H3;4H,3H2,1-2H3. The predicted octanol–water partition coefficient (Wildman–Crippen LogP) is 4.46. The monoisotopic (exact) mass is 286 g/mol. The minimum Gasteiger partial charge on any atom is -0.0925 e. The topological polar surface area (TPSA) is 0 Å². The Hall–Kier alpha value is 0.960. The van der Waals surface area contributed by atoms with Crippen molar-refractivity contribution in [2.24, 2.45) is 11.3 Å². The maximum Gasteiger partial charge on any atom is 0.00800 e. The molecular weight excluding hydrogens is 268 g/mol. The van der Waals surface area contributed by atoms with Crippen LogP contribution in [0, 0.1) is 11.3 Å². The second-order valence-electron chi connectivity index (χ2n) is 4.24. The minimum absolute atomic E-state index is 0.458. The Morgan fingerprint density at radius 2 is 1.27 bits per heavy atom. The van der Waals surface area contributed by atoms with Gasteiger partial charge >= 0.3 is 0 Å².